The normalized spacial score (nSPS) is 17.9. The van der Waals surface area contributed by atoms with Gasteiger partial charge >= 0.3 is 0 Å². The number of aromatic nitrogens is 4. The maximum Gasteiger partial charge on any atom is 0.232 e. The van der Waals surface area contributed by atoms with Crippen molar-refractivity contribution in [1.29, 1.82) is 0 Å². The number of H-pyrrole nitrogens is 1. The van der Waals surface area contributed by atoms with Gasteiger partial charge in [-0.2, -0.15) is 10.1 Å². The van der Waals surface area contributed by atoms with Crippen LogP contribution in [-0.4, -0.2) is 32.8 Å². The molecule has 0 saturated carbocycles. The molecular formula is C15H12BrN5O2. The number of aromatic amines is 1. The van der Waals surface area contributed by atoms with Crippen LogP contribution in [0.2, 0.25) is 0 Å². The third kappa shape index (κ3) is 2.65. The molecule has 0 bridgehead atoms. The van der Waals surface area contributed by atoms with E-state index in [0.29, 0.717) is 24.7 Å². The molecule has 0 spiro atoms. The van der Waals surface area contributed by atoms with Crippen molar-refractivity contribution in [3.63, 3.8) is 0 Å². The van der Waals surface area contributed by atoms with Crippen molar-refractivity contribution in [1.82, 2.24) is 20.3 Å². The van der Waals surface area contributed by atoms with E-state index in [1.54, 1.807) is 17.3 Å². The van der Waals surface area contributed by atoms with Crippen molar-refractivity contribution in [2.45, 2.75) is 12.3 Å². The topological polar surface area (TPSA) is 87.9 Å². The lowest BCUT2D eigenvalue weighted by molar-refractivity contribution is -0.117. The van der Waals surface area contributed by atoms with Crippen LogP contribution in [0.15, 0.2) is 45.7 Å². The van der Waals surface area contributed by atoms with Gasteiger partial charge in [-0.3, -0.25) is 9.89 Å². The van der Waals surface area contributed by atoms with Gasteiger partial charge in [0, 0.05) is 29.2 Å². The number of carbonyl (C=O) groups is 1. The van der Waals surface area contributed by atoms with Gasteiger partial charge in [0.2, 0.25) is 17.6 Å². The number of anilines is 1. The molecule has 1 atom stereocenters. The second-order valence-electron chi connectivity index (χ2n) is 5.33. The number of nitrogens with zero attached hydrogens (tertiary/aromatic N) is 4. The number of nitrogens with one attached hydrogen (secondary N) is 1. The number of carbonyl (C=O) groups excluding carboxylic acids is 1. The fourth-order valence-corrected chi connectivity index (χ4v) is 2.90. The number of hydrogen-bond donors (Lipinski definition) is 1. The largest absolute Gasteiger partial charge is 0.339 e. The van der Waals surface area contributed by atoms with E-state index in [9.17, 15) is 4.79 Å². The minimum atomic E-state index is -0.103. The van der Waals surface area contributed by atoms with Crippen LogP contribution < -0.4 is 4.90 Å². The van der Waals surface area contributed by atoms with E-state index in [0.717, 1.165) is 15.7 Å². The van der Waals surface area contributed by atoms with Gasteiger partial charge < -0.3 is 9.42 Å². The molecular weight excluding hydrogens is 362 g/mol. The number of hydrogen-bond acceptors (Lipinski definition) is 5. The van der Waals surface area contributed by atoms with E-state index in [-0.39, 0.29) is 11.8 Å². The maximum atomic E-state index is 12.2. The van der Waals surface area contributed by atoms with Gasteiger partial charge in [0.05, 0.1) is 17.8 Å². The minimum absolute atomic E-state index is 0.0276. The van der Waals surface area contributed by atoms with E-state index in [4.69, 9.17) is 4.52 Å². The summed E-state index contributed by atoms with van der Waals surface area (Å²) in [6, 6.07) is 7.67. The summed E-state index contributed by atoms with van der Waals surface area (Å²) in [6.07, 6.45) is 3.68. The summed E-state index contributed by atoms with van der Waals surface area (Å²) in [5.74, 6) is 0.942. The molecule has 4 rings (SSSR count). The second kappa shape index (κ2) is 5.62. The van der Waals surface area contributed by atoms with E-state index in [1.165, 1.54) is 0 Å². The van der Waals surface area contributed by atoms with Crippen molar-refractivity contribution in [3.05, 3.63) is 47.0 Å². The SMILES string of the molecule is O=C1CC(c2nc(-c3ccc(Br)cc3)no2)CN1c1cn[nH]c1. The zero-order valence-electron chi connectivity index (χ0n) is 11.9. The predicted molar refractivity (Wildman–Crippen MR) is 85.7 cm³/mol. The van der Waals surface area contributed by atoms with E-state index in [2.05, 4.69) is 36.3 Å². The van der Waals surface area contributed by atoms with Gasteiger partial charge in [-0.15, -0.1) is 0 Å². The Labute approximate surface area is 139 Å². The van der Waals surface area contributed by atoms with E-state index < -0.39 is 0 Å². The summed E-state index contributed by atoms with van der Waals surface area (Å²) in [6.45, 7) is 0.514. The molecule has 3 heterocycles. The fourth-order valence-electron chi connectivity index (χ4n) is 2.63. The monoisotopic (exact) mass is 373 g/mol. The van der Waals surface area contributed by atoms with Crippen LogP contribution in [0, 0.1) is 0 Å². The average molecular weight is 374 g/mol. The summed E-state index contributed by atoms with van der Waals surface area (Å²) in [5.41, 5.74) is 1.63. The summed E-state index contributed by atoms with van der Waals surface area (Å²) in [4.78, 5) is 18.3. The second-order valence-corrected chi connectivity index (χ2v) is 6.24. The van der Waals surface area contributed by atoms with Crippen LogP contribution in [0.5, 0.6) is 0 Å². The first-order valence-electron chi connectivity index (χ1n) is 7.09. The van der Waals surface area contributed by atoms with Crippen LogP contribution in [0.4, 0.5) is 5.69 Å². The Bertz CT molecular complexity index is 828. The Morgan fingerprint density at radius 2 is 2.13 bits per heavy atom. The van der Waals surface area contributed by atoms with Gasteiger partial charge in [0.25, 0.3) is 0 Å². The molecule has 7 nitrogen and oxygen atoms in total. The van der Waals surface area contributed by atoms with Crippen LogP contribution in [0.3, 0.4) is 0 Å². The van der Waals surface area contributed by atoms with Crippen molar-refractivity contribution >= 4 is 27.5 Å². The van der Waals surface area contributed by atoms with E-state index in [1.807, 2.05) is 24.3 Å². The Kier molecular flexibility index (Phi) is 3.45. The lowest BCUT2D eigenvalue weighted by Gasteiger charge is -2.12. The molecule has 8 heteroatoms. The molecule has 0 radical (unpaired) electrons. The van der Waals surface area contributed by atoms with Crippen LogP contribution in [-0.2, 0) is 4.79 Å². The Balaban J connectivity index is 1.56. The zero-order chi connectivity index (χ0) is 15.8. The van der Waals surface area contributed by atoms with Gasteiger partial charge in [-0.25, -0.2) is 0 Å². The predicted octanol–water partition coefficient (Wildman–Crippen LogP) is 2.74. The molecule has 3 aromatic rings. The lowest BCUT2D eigenvalue weighted by Crippen LogP contribution is -2.23. The first-order valence-corrected chi connectivity index (χ1v) is 7.88. The van der Waals surface area contributed by atoms with Crippen LogP contribution in [0.25, 0.3) is 11.4 Å². The summed E-state index contributed by atoms with van der Waals surface area (Å²) in [5, 5.41) is 10.6. The maximum absolute atomic E-state index is 12.2. The first-order chi connectivity index (χ1) is 11.2. The Morgan fingerprint density at radius 3 is 2.87 bits per heavy atom. The van der Waals surface area contributed by atoms with Gasteiger partial charge in [-0.1, -0.05) is 21.1 Å². The highest BCUT2D eigenvalue weighted by molar-refractivity contribution is 9.10. The number of amides is 1. The number of benzene rings is 1. The molecule has 1 fully saturated rings. The molecule has 2 aromatic heterocycles. The summed E-state index contributed by atoms with van der Waals surface area (Å²) in [7, 11) is 0. The molecule has 1 amide bonds. The van der Waals surface area contributed by atoms with Gasteiger partial charge in [-0.05, 0) is 24.3 Å². The highest BCUT2D eigenvalue weighted by Crippen LogP contribution is 2.31. The van der Waals surface area contributed by atoms with Crippen LogP contribution in [0.1, 0.15) is 18.2 Å². The van der Waals surface area contributed by atoms with Gasteiger partial charge in [0.1, 0.15) is 0 Å². The molecule has 0 aliphatic carbocycles. The summed E-state index contributed by atoms with van der Waals surface area (Å²) < 4.78 is 6.36. The van der Waals surface area contributed by atoms with Crippen molar-refractivity contribution < 1.29 is 9.32 Å². The molecule has 1 aliphatic rings. The smallest absolute Gasteiger partial charge is 0.232 e. The quantitative estimate of drug-likeness (QED) is 0.762. The van der Waals surface area contributed by atoms with E-state index >= 15 is 0 Å². The zero-order valence-corrected chi connectivity index (χ0v) is 13.5. The average Bonchev–Trinajstić information content (AvgIpc) is 3.27. The number of rotatable bonds is 3. The van der Waals surface area contributed by atoms with Crippen molar-refractivity contribution in [3.8, 4) is 11.4 Å². The lowest BCUT2D eigenvalue weighted by atomic mass is 10.1. The van der Waals surface area contributed by atoms with Crippen molar-refractivity contribution in [2.75, 3.05) is 11.4 Å². The molecule has 1 unspecified atom stereocenters. The molecule has 1 N–H and O–H groups in total. The fraction of sp³-hybridized carbons (Fsp3) is 0.200. The standard InChI is InChI=1S/C15H12BrN5O2/c16-11-3-1-9(2-4-11)14-19-15(23-20-14)10-5-13(22)21(8-10)12-6-17-18-7-12/h1-4,6-7,10H,5,8H2,(H,17,18). The van der Waals surface area contributed by atoms with Crippen molar-refractivity contribution in [2.24, 2.45) is 0 Å². The van der Waals surface area contributed by atoms with Crippen LogP contribution >= 0.6 is 15.9 Å². The molecule has 1 aromatic carbocycles. The Hall–Kier alpha value is -2.48. The summed E-state index contributed by atoms with van der Waals surface area (Å²) >= 11 is 3.39. The van der Waals surface area contributed by atoms with Gasteiger partial charge in [0.15, 0.2) is 0 Å². The molecule has 23 heavy (non-hydrogen) atoms. The Morgan fingerprint density at radius 1 is 1.30 bits per heavy atom. The number of halogens is 1. The molecule has 116 valence electrons. The highest BCUT2D eigenvalue weighted by atomic mass is 79.9. The highest BCUT2D eigenvalue weighted by Gasteiger charge is 2.35. The third-order valence-electron chi connectivity index (χ3n) is 3.81. The molecule has 1 aliphatic heterocycles. The minimum Gasteiger partial charge on any atom is -0.339 e. The third-order valence-corrected chi connectivity index (χ3v) is 4.34. The molecule has 1 saturated heterocycles. The first kappa shape index (κ1) is 14.1.